The van der Waals surface area contributed by atoms with Crippen molar-refractivity contribution in [3.63, 3.8) is 0 Å². The van der Waals surface area contributed by atoms with Crippen LogP contribution in [0.1, 0.15) is 27.0 Å². The molecule has 3 aromatic carbocycles. The zero-order valence-corrected chi connectivity index (χ0v) is 17.3. The van der Waals surface area contributed by atoms with Crippen LogP contribution in [0.3, 0.4) is 0 Å². The van der Waals surface area contributed by atoms with Gasteiger partial charge in [-0.15, -0.1) is 0 Å². The molecule has 0 aliphatic rings. The Balaban J connectivity index is 1.99. The van der Waals surface area contributed by atoms with Gasteiger partial charge in [0.15, 0.2) is 0 Å². The van der Waals surface area contributed by atoms with Gasteiger partial charge in [-0.25, -0.2) is 8.42 Å². The molecule has 0 aliphatic carbocycles. The lowest BCUT2D eigenvalue weighted by Crippen LogP contribution is -2.31. The van der Waals surface area contributed by atoms with Crippen LogP contribution in [0.4, 0.5) is 5.69 Å². The number of nitrogens with zero attached hydrogens (tertiary/aromatic N) is 1. The van der Waals surface area contributed by atoms with Crippen molar-refractivity contribution in [1.82, 2.24) is 0 Å². The van der Waals surface area contributed by atoms with Gasteiger partial charge in [-0.05, 0) is 43.7 Å². The van der Waals surface area contributed by atoms with Crippen LogP contribution in [0.25, 0.3) is 6.08 Å². The Morgan fingerprint density at radius 3 is 2.21 bits per heavy atom. The van der Waals surface area contributed by atoms with Crippen LogP contribution in [0.2, 0.25) is 0 Å². The Kier molecular flexibility index (Phi) is 6.29. The molecule has 0 bridgehead atoms. The number of carbonyl (C=O) groups is 1. The predicted octanol–water partition coefficient (Wildman–Crippen LogP) is 5.02. The van der Waals surface area contributed by atoms with Gasteiger partial charge >= 0.3 is 0 Å². The first-order valence-corrected chi connectivity index (χ1v) is 10.7. The molecule has 0 atom stereocenters. The van der Waals surface area contributed by atoms with E-state index >= 15 is 0 Å². The third-order valence-electron chi connectivity index (χ3n) is 4.53. The molecular weight excluding hydrogens is 382 g/mol. The number of aldehydes is 1. The number of carbonyl (C=O) groups excluding carboxylic acids is 1. The molecular formula is C24H23NO3S. The van der Waals surface area contributed by atoms with Crippen molar-refractivity contribution in [2.24, 2.45) is 0 Å². The minimum absolute atomic E-state index is 0.145. The summed E-state index contributed by atoms with van der Waals surface area (Å²) in [5, 5.41) is 0. The number of benzene rings is 3. The molecule has 0 spiro atoms. The standard InChI is InChI=1S/C24H23NO3S/c1-19-11-13-24(14-12-19)29(27,28)25(23-10-4-8-22(17-23)18-26)15-5-9-21-7-3-6-20(2)16-21/h3-14,16-18H,15H2,1-2H3. The number of hydrogen-bond acceptors (Lipinski definition) is 3. The molecule has 3 rings (SSSR count). The second-order valence-electron chi connectivity index (χ2n) is 6.88. The minimum atomic E-state index is -3.79. The third-order valence-corrected chi connectivity index (χ3v) is 6.33. The fraction of sp³-hybridized carbons (Fsp3) is 0.125. The third kappa shape index (κ3) is 5.00. The summed E-state index contributed by atoms with van der Waals surface area (Å²) in [5.74, 6) is 0. The zero-order chi connectivity index (χ0) is 20.9. The highest BCUT2D eigenvalue weighted by Crippen LogP contribution is 2.25. The lowest BCUT2D eigenvalue weighted by atomic mass is 10.1. The van der Waals surface area contributed by atoms with Crippen LogP contribution in [0.15, 0.2) is 83.8 Å². The van der Waals surface area contributed by atoms with E-state index in [9.17, 15) is 13.2 Å². The second-order valence-corrected chi connectivity index (χ2v) is 8.74. The van der Waals surface area contributed by atoms with E-state index in [1.165, 1.54) is 4.31 Å². The van der Waals surface area contributed by atoms with Gasteiger partial charge in [-0.3, -0.25) is 9.10 Å². The molecule has 0 amide bonds. The molecule has 29 heavy (non-hydrogen) atoms. The van der Waals surface area contributed by atoms with E-state index < -0.39 is 10.0 Å². The van der Waals surface area contributed by atoms with Gasteiger partial charge in [-0.1, -0.05) is 71.8 Å². The minimum Gasteiger partial charge on any atom is -0.298 e. The molecule has 4 nitrogen and oxygen atoms in total. The van der Waals surface area contributed by atoms with Crippen LogP contribution in [-0.2, 0) is 10.0 Å². The summed E-state index contributed by atoms with van der Waals surface area (Å²) < 4.78 is 28.0. The first-order chi connectivity index (χ1) is 13.9. The smallest absolute Gasteiger partial charge is 0.264 e. The molecule has 0 unspecified atom stereocenters. The second kappa shape index (κ2) is 8.88. The normalized spacial score (nSPS) is 11.5. The lowest BCUT2D eigenvalue weighted by Gasteiger charge is -2.23. The van der Waals surface area contributed by atoms with E-state index in [1.807, 2.05) is 50.3 Å². The van der Waals surface area contributed by atoms with Gasteiger partial charge in [0.25, 0.3) is 10.0 Å². The van der Waals surface area contributed by atoms with Crippen molar-refractivity contribution in [2.45, 2.75) is 18.7 Å². The monoisotopic (exact) mass is 405 g/mol. The number of anilines is 1. The molecule has 5 heteroatoms. The van der Waals surface area contributed by atoms with Gasteiger partial charge in [0, 0.05) is 5.56 Å². The van der Waals surface area contributed by atoms with Crippen LogP contribution >= 0.6 is 0 Å². The van der Waals surface area contributed by atoms with E-state index in [1.54, 1.807) is 48.5 Å². The van der Waals surface area contributed by atoms with E-state index in [2.05, 4.69) is 0 Å². The maximum atomic E-state index is 13.3. The average Bonchev–Trinajstić information content (AvgIpc) is 2.71. The van der Waals surface area contributed by atoms with Crippen LogP contribution < -0.4 is 4.31 Å². The molecule has 3 aromatic rings. The summed E-state index contributed by atoms with van der Waals surface area (Å²) in [5.41, 5.74) is 3.99. The highest BCUT2D eigenvalue weighted by Gasteiger charge is 2.24. The maximum Gasteiger partial charge on any atom is 0.264 e. The van der Waals surface area contributed by atoms with Gasteiger partial charge in [0.1, 0.15) is 6.29 Å². The summed E-state index contributed by atoms with van der Waals surface area (Å²) in [6.07, 6.45) is 4.42. The van der Waals surface area contributed by atoms with E-state index in [-0.39, 0.29) is 11.4 Å². The van der Waals surface area contributed by atoms with Gasteiger partial charge < -0.3 is 0 Å². The molecule has 148 valence electrons. The molecule has 0 N–H and O–H groups in total. The molecule has 0 radical (unpaired) electrons. The Labute approximate surface area is 172 Å². The largest absolute Gasteiger partial charge is 0.298 e. The number of aryl methyl sites for hydroxylation is 2. The van der Waals surface area contributed by atoms with E-state index in [4.69, 9.17) is 0 Å². The van der Waals surface area contributed by atoms with Crippen molar-refractivity contribution >= 4 is 28.1 Å². The Morgan fingerprint density at radius 1 is 0.828 bits per heavy atom. The molecule has 0 saturated carbocycles. The summed E-state index contributed by atoms with van der Waals surface area (Å²) >= 11 is 0. The number of sulfonamides is 1. The maximum absolute atomic E-state index is 13.3. The van der Waals surface area contributed by atoms with Crippen molar-refractivity contribution < 1.29 is 13.2 Å². The summed E-state index contributed by atoms with van der Waals surface area (Å²) in [6.45, 7) is 4.06. The Morgan fingerprint density at radius 2 is 1.52 bits per heavy atom. The molecule has 0 aliphatic heterocycles. The van der Waals surface area contributed by atoms with Crippen molar-refractivity contribution in [1.29, 1.82) is 0 Å². The highest BCUT2D eigenvalue weighted by atomic mass is 32.2. The molecule has 0 aromatic heterocycles. The fourth-order valence-corrected chi connectivity index (χ4v) is 4.40. The van der Waals surface area contributed by atoms with Gasteiger partial charge in [0.05, 0.1) is 17.1 Å². The average molecular weight is 406 g/mol. The van der Waals surface area contributed by atoms with Gasteiger partial charge in [-0.2, -0.15) is 0 Å². The molecule has 0 fully saturated rings. The van der Waals surface area contributed by atoms with Crippen LogP contribution in [0, 0.1) is 13.8 Å². The SMILES string of the molecule is Cc1ccc(S(=O)(=O)N(CC=Cc2cccc(C)c2)c2cccc(C=O)c2)cc1. The quantitative estimate of drug-likeness (QED) is 0.518. The van der Waals surface area contributed by atoms with E-state index in [0.717, 1.165) is 16.7 Å². The summed E-state index contributed by atoms with van der Waals surface area (Å²) in [6, 6.07) is 21.3. The summed E-state index contributed by atoms with van der Waals surface area (Å²) in [4.78, 5) is 11.4. The summed E-state index contributed by atoms with van der Waals surface area (Å²) in [7, 11) is -3.79. The zero-order valence-electron chi connectivity index (χ0n) is 16.4. The Hall–Kier alpha value is -3.18. The van der Waals surface area contributed by atoms with Crippen molar-refractivity contribution in [2.75, 3.05) is 10.8 Å². The van der Waals surface area contributed by atoms with Crippen LogP contribution in [0.5, 0.6) is 0 Å². The Bertz CT molecular complexity index is 1130. The molecule has 0 saturated heterocycles. The highest BCUT2D eigenvalue weighted by molar-refractivity contribution is 7.92. The predicted molar refractivity (Wildman–Crippen MR) is 118 cm³/mol. The van der Waals surface area contributed by atoms with Crippen molar-refractivity contribution in [3.05, 3.63) is 101 Å². The van der Waals surface area contributed by atoms with E-state index in [0.29, 0.717) is 17.5 Å². The molecule has 0 heterocycles. The number of rotatable bonds is 7. The first-order valence-electron chi connectivity index (χ1n) is 9.28. The number of hydrogen-bond donors (Lipinski definition) is 0. The van der Waals surface area contributed by atoms with Crippen LogP contribution in [-0.4, -0.2) is 21.2 Å². The topological polar surface area (TPSA) is 54.5 Å². The fourth-order valence-electron chi connectivity index (χ4n) is 2.99. The van der Waals surface area contributed by atoms with Crippen molar-refractivity contribution in [3.8, 4) is 0 Å². The first kappa shape index (κ1) is 20.6. The lowest BCUT2D eigenvalue weighted by molar-refractivity contribution is 0.112. The van der Waals surface area contributed by atoms with Gasteiger partial charge in [0.2, 0.25) is 0 Å².